The number of amides is 2. The Morgan fingerprint density at radius 1 is 0.784 bits per heavy atom. The maximum Gasteiger partial charge on any atom is 0.292 e. The topological polar surface area (TPSA) is 109 Å². The summed E-state index contributed by atoms with van der Waals surface area (Å²) < 4.78 is 4.10. The van der Waals surface area contributed by atoms with Gasteiger partial charge in [-0.15, -0.1) is 0 Å². The van der Waals surface area contributed by atoms with Crippen LogP contribution in [0, 0.1) is 0 Å². The van der Waals surface area contributed by atoms with Crippen LogP contribution in [0.2, 0.25) is 0 Å². The van der Waals surface area contributed by atoms with Crippen LogP contribution in [0.25, 0.3) is 21.8 Å². The molecule has 2 amide bonds. The number of benzene rings is 2. The van der Waals surface area contributed by atoms with Gasteiger partial charge in [0.2, 0.25) is 0 Å². The number of likely N-dealkylation sites (tertiary alicyclic amines) is 1. The van der Waals surface area contributed by atoms with E-state index in [1.165, 1.54) is 12.8 Å². The van der Waals surface area contributed by atoms with E-state index in [1.807, 2.05) is 65.5 Å². The van der Waals surface area contributed by atoms with Crippen molar-refractivity contribution in [3.63, 3.8) is 0 Å². The van der Waals surface area contributed by atoms with Crippen molar-refractivity contribution in [2.45, 2.75) is 96.8 Å². The van der Waals surface area contributed by atoms with E-state index in [9.17, 15) is 19.2 Å². The zero-order chi connectivity index (χ0) is 36.9. The monoisotopic (exact) mass is 696 g/mol. The lowest BCUT2D eigenvalue weighted by Crippen LogP contribution is -2.51. The predicted octanol–water partition coefficient (Wildman–Crippen LogP) is 6.40. The number of aromatic nitrogens is 2. The van der Waals surface area contributed by atoms with Crippen LogP contribution in [0.5, 0.6) is 0 Å². The Balaban J connectivity index is 0.000000198. The van der Waals surface area contributed by atoms with Gasteiger partial charge in [0, 0.05) is 71.0 Å². The van der Waals surface area contributed by atoms with E-state index in [4.69, 9.17) is 0 Å². The number of hydrogen-bond donors (Lipinski definition) is 2. The molecular formula is C41H56N6O4. The number of para-hydroxylation sites is 2. The molecule has 1 atom stereocenters. The summed E-state index contributed by atoms with van der Waals surface area (Å²) in [6, 6.07) is 16.0. The van der Waals surface area contributed by atoms with E-state index in [-0.39, 0.29) is 23.7 Å². The van der Waals surface area contributed by atoms with Gasteiger partial charge in [0.25, 0.3) is 23.4 Å². The van der Waals surface area contributed by atoms with Crippen molar-refractivity contribution in [3.05, 3.63) is 72.1 Å². The van der Waals surface area contributed by atoms with Crippen molar-refractivity contribution in [1.29, 1.82) is 0 Å². The average Bonchev–Trinajstić information content (AvgIpc) is 3.87. The lowest BCUT2D eigenvalue weighted by Gasteiger charge is -2.36. The van der Waals surface area contributed by atoms with Crippen LogP contribution in [0.15, 0.2) is 60.9 Å². The zero-order valence-corrected chi connectivity index (χ0v) is 31.5. The summed E-state index contributed by atoms with van der Waals surface area (Å²) in [4.78, 5) is 55.3. The Morgan fingerprint density at radius 3 is 1.78 bits per heavy atom. The molecule has 51 heavy (non-hydrogen) atoms. The van der Waals surface area contributed by atoms with Gasteiger partial charge in [0.05, 0.1) is 11.1 Å². The molecule has 10 heteroatoms. The van der Waals surface area contributed by atoms with Crippen LogP contribution in [0.4, 0.5) is 0 Å². The standard InChI is InChI=1S/C21H29N3O2.C20H27N3O2/c1-15(2)24-13-17(16-9-5-6-10-18(16)24)19(25)20(26)22-14-21(23(3)4)11-7-8-12-21;1-4-22-11-7-8-15(12-22)21-20(25)19(24)17-13-23(14(2)3)18-10-6-5-9-16(17)18/h5-6,9-10,13,15H,7-8,11-12,14H2,1-4H3,(H,22,26);5-6,9-10,13-15H,4,7-8,11-12H2,1-3H3,(H,21,25). The van der Waals surface area contributed by atoms with Crippen molar-refractivity contribution in [2.24, 2.45) is 0 Å². The molecule has 4 aromatic rings. The fraction of sp³-hybridized carbons (Fsp3) is 0.512. The summed E-state index contributed by atoms with van der Waals surface area (Å²) in [5, 5.41) is 7.53. The summed E-state index contributed by atoms with van der Waals surface area (Å²) in [6.07, 6.45) is 10.1. The van der Waals surface area contributed by atoms with Crippen LogP contribution in [0.1, 0.15) is 106 Å². The van der Waals surface area contributed by atoms with Crippen molar-refractivity contribution >= 4 is 45.2 Å². The van der Waals surface area contributed by atoms with Gasteiger partial charge >= 0.3 is 0 Å². The van der Waals surface area contributed by atoms with Gasteiger partial charge in [0.1, 0.15) is 0 Å². The largest absolute Gasteiger partial charge is 0.347 e. The molecule has 2 aromatic carbocycles. The van der Waals surface area contributed by atoms with Gasteiger partial charge in [-0.1, -0.05) is 56.2 Å². The Hall–Kier alpha value is -4.28. The summed E-state index contributed by atoms with van der Waals surface area (Å²) in [6.45, 7) is 13.8. The number of Topliss-reactive ketones (excluding diaryl/α,β-unsaturated/α-hetero) is 2. The molecule has 3 heterocycles. The van der Waals surface area contributed by atoms with Crippen molar-refractivity contribution in [1.82, 2.24) is 29.6 Å². The van der Waals surface area contributed by atoms with Crippen LogP contribution < -0.4 is 10.6 Å². The van der Waals surface area contributed by atoms with E-state index < -0.39 is 23.4 Å². The Labute approximate surface area is 302 Å². The molecule has 0 spiro atoms. The Morgan fingerprint density at radius 2 is 1.29 bits per heavy atom. The molecule has 0 bridgehead atoms. The molecule has 2 N–H and O–H groups in total. The minimum atomic E-state index is -0.509. The first-order chi connectivity index (χ1) is 24.4. The van der Waals surface area contributed by atoms with Gasteiger partial charge in [-0.05, 0) is 92.7 Å². The highest BCUT2D eigenvalue weighted by Gasteiger charge is 2.37. The second kappa shape index (κ2) is 16.4. The first-order valence-electron chi connectivity index (χ1n) is 18.6. The maximum absolute atomic E-state index is 12.8. The van der Waals surface area contributed by atoms with Crippen molar-refractivity contribution in [3.8, 4) is 0 Å². The Bertz CT molecular complexity index is 1860. The van der Waals surface area contributed by atoms with E-state index in [0.29, 0.717) is 17.7 Å². The van der Waals surface area contributed by atoms with Gasteiger partial charge in [-0.25, -0.2) is 0 Å². The molecule has 1 saturated heterocycles. The number of carbonyl (C=O) groups is 4. The first kappa shape index (κ1) is 38.0. The first-order valence-corrected chi connectivity index (χ1v) is 18.6. The fourth-order valence-corrected chi connectivity index (χ4v) is 7.72. The van der Waals surface area contributed by atoms with Crippen LogP contribution in [0.3, 0.4) is 0 Å². The smallest absolute Gasteiger partial charge is 0.292 e. The SMILES string of the molecule is CC(C)n1cc(C(=O)C(=O)NCC2(N(C)C)CCCC2)c2ccccc21.CCN1CCCC(NC(=O)C(=O)c2cn(C(C)C)c3ccccc23)C1. The number of piperidine rings is 1. The molecule has 1 unspecified atom stereocenters. The lowest BCUT2D eigenvalue weighted by molar-refractivity contribution is -0.118. The predicted molar refractivity (Wildman–Crippen MR) is 204 cm³/mol. The fourth-order valence-electron chi connectivity index (χ4n) is 7.72. The van der Waals surface area contributed by atoms with Gasteiger partial charge in [-0.2, -0.15) is 0 Å². The van der Waals surface area contributed by atoms with E-state index in [2.05, 4.69) is 73.7 Å². The molecule has 0 radical (unpaired) electrons. The zero-order valence-electron chi connectivity index (χ0n) is 31.5. The summed E-state index contributed by atoms with van der Waals surface area (Å²) in [5.41, 5.74) is 2.92. The second-order valence-electron chi connectivity index (χ2n) is 15.0. The van der Waals surface area contributed by atoms with Gasteiger partial charge in [-0.3, -0.25) is 19.2 Å². The molecule has 2 aliphatic rings. The highest BCUT2D eigenvalue weighted by atomic mass is 16.2. The second-order valence-corrected chi connectivity index (χ2v) is 15.0. The number of rotatable bonds is 11. The molecule has 274 valence electrons. The molecule has 10 nitrogen and oxygen atoms in total. The number of likely N-dealkylation sites (N-methyl/N-ethyl adjacent to an activating group) is 2. The number of hydrogen-bond acceptors (Lipinski definition) is 6. The average molecular weight is 697 g/mol. The number of fused-ring (bicyclic) bond motifs is 2. The quantitative estimate of drug-likeness (QED) is 0.139. The van der Waals surface area contributed by atoms with Crippen LogP contribution >= 0.6 is 0 Å². The minimum absolute atomic E-state index is 0.0259. The molecular weight excluding hydrogens is 640 g/mol. The third kappa shape index (κ3) is 8.28. The number of carbonyl (C=O) groups excluding carboxylic acids is 4. The van der Waals surface area contributed by atoms with E-state index in [0.717, 1.165) is 67.1 Å². The summed E-state index contributed by atoms with van der Waals surface area (Å²) in [7, 11) is 4.10. The van der Waals surface area contributed by atoms with Crippen LogP contribution in [-0.2, 0) is 9.59 Å². The molecule has 1 saturated carbocycles. The highest BCUT2D eigenvalue weighted by molar-refractivity contribution is 6.45. The molecule has 1 aliphatic heterocycles. The Kier molecular flexibility index (Phi) is 12.2. The summed E-state index contributed by atoms with van der Waals surface area (Å²) in [5.74, 6) is -1.89. The number of nitrogens with zero attached hydrogens (tertiary/aromatic N) is 4. The third-order valence-electron chi connectivity index (χ3n) is 10.8. The minimum Gasteiger partial charge on any atom is -0.347 e. The lowest BCUT2D eigenvalue weighted by atomic mass is 9.96. The maximum atomic E-state index is 12.8. The molecule has 2 aromatic heterocycles. The van der Waals surface area contributed by atoms with Crippen molar-refractivity contribution < 1.29 is 19.2 Å². The third-order valence-corrected chi connectivity index (χ3v) is 10.8. The van der Waals surface area contributed by atoms with Crippen LogP contribution in [-0.4, -0.2) is 94.2 Å². The van der Waals surface area contributed by atoms with Gasteiger partial charge in [0.15, 0.2) is 0 Å². The number of nitrogens with one attached hydrogen (secondary N) is 2. The van der Waals surface area contributed by atoms with Gasteiger partial charge < -0.3 is 29.6 Å². The van der Waals surface area contributed by atoms with Crippen molar-refractivity contribution in [2.75, 3.05) is 40.3 Å². The molecule has 1 aliphatic carbocycles. The van der Waals surface area contributed by atoms with E-state index >= 15 is 0 Å². The summed E-state index contributed by atoms with van der Waals surface area (Å²) >= 11 is 0. The van der Waals surface area contributed by atoms with E-state index in [1.54, 1.807) is 0 Å². The number of ketones is 2. The normalized spacial score (nSPS) is 17.6. The molecule has 6 rings (SSSR count). The molecule has 2 fully saturated rings. The highest BCUT2D eigenvalue weighted by Crippen LogP contribution is 2.33.